The summed E-state index contributed by atoms with van der Waals surface area (Å²) in [7, 11) is -3.46. The summed E-state index contributed by atoms with van der Waals surface area (Å²) in [5, 5.41) is 0. The molecular formula is C2H4Si2. The first-order chi connectivity index (χ1) is 3.56. The van der Waals surface area contributed by atoms with Gasteiger partial charge in [-0.3, -0.25) is 0 Å². The average molecular weight is 88.3 g/mol. The minimum atomic E-state index is -3.19. The molecule has 0 saturated carbocycles. The summed E-state index contributed by atoms with van der Waals surface area (Å²) in [6.45, 7) is 0. The molecule has 0 aliphatic heterocycles. The normalized spacial score (nSPS) is 21.0. The molecule has 0 bridgehead atoms. The van der Waals surface area contributed by atoms with E-state index in [0.29, 0.717) is 0 Å². The Labute approximate surface area is 36.7 Å². The van der Waals surface area contributed by atoms with Crippen LogP contribution in [0.25, 0.3) is 0 Å². The Hall–Kier alpha value is -0.00623. The molecule has 0 rings (SSSR count). The van der Waals surface area contributed by atoms with Crippen molar-refractivity contribution in [3.05, 3.63) is 0 Å². The fraction of sp³-hybridized carbons (Fsp3) is 0. The number of hydrogen-bond donors (Lipinski definition) is 0. The van der Waals surface area contributed by atoms with E-state index in [-0.39, 0.29) is 9.04 Å². The van der Waals surface area contributed by atoms with Crippen LogP contribution >= 0.6 is 0 Å². The van der Waals surface area contributed by atoms with Gasteiger partial charge in [-0.25, -0.2) is 0 Å². The Morgan fingerprint density at radius 2 is 3.75 bits per heavy atom. The number of hydrogen-bond acceptors (Lipinski definition) is 0. The molecule has 0 amide bonds. The quantitative estimate of drug-likeness (QED) is 0.272. The monoisotopic (exact) mass is 88.0 g/mol. The van der Waals surface area contributed by atoms with Crippen LogP contribution in [0.3, 0.4) is 0 Å². The van der Waals surface area contributed by atoms with Crippen LogP contribution in [0.15, 0.2) is 0 Å². The zero-order valence-electron chi connectivity index (χ0n) is 6.00. The molecule has 2 radical (unpaired) electrons. The molecule has 0 N–H and O–H groups in total. The Morgan fingerprint density at radius 1 is 2.75 bits per heavy atom. The van der Waals surface area contributed by atoms with Crippen molar-refractivity contribution in [1.82, 2.24) is 0 Å². The smallest absolute Gasteiger partial charge is 0.123 e. The highest BCUT2D eigenvalue weighted by molar-refractivity contribution is 6.94. The summed E-state index contributed by atoms with van der Waals surface area (Å²) in [5.41, 5.74) is 2.23. The first kappa shape index (κ1) is 0.732. The van der Waals surface area contributed by atoms with Gasteiger partial charge in [0.15, 0.2) is 0 Å². The molecule has 0 atom stereocenters. The van der Waals surface area contributed by atoms with Crippen molar-refractivity contribution in [2.75, 3.05) is 0 Å². The van der Waals surface area contributed by atoms with Gasteiger partial charge in [-0.05, 0) is 0 Å². The minimum Gasteiger partial charge on any atom is -0.143 e. The second-order valence-corrected chi connectivity index (χ2v) is 1.50. The maximum absolute atomic E-state index is 6.73. The summed E-state index contributed by atoms with van der Waals surface area (Å²) in [4.78, 5) is 0. The van der Waals surface area contributed by atoms with Crippen molar-refractivity contribution in [3.63, 3.8) is 0 Å². The van der Waals surface area contributed by atoms with Crippen LogP contribution in [0.5, 0.6) is 0 Å². The van der Waals surface area contributed by atoms with Gasteiger partial charge in [0, 0.05) is 13.3 Å². The lowest BCUT2D eigenvalue weighted by molar-refractivity contribution is 3.06. The van der Waals surface area contributed by atoms with Gasteiger partial charge in [-0.15, -0.1) is 11.9 Å². The zero-order chi connectivity index (χ0) is 6.62. The predicted molar refractivity (Wildman–Crippen MR) is 24.5 cm³/mol. The molecule has 0 unspecified atom stereocenters. The predicted octanol–water partition coefficient (Wildman–Crippen LogP) is -1.44. The highest BCUT2D eigenvalue weighted by Gasteiger charge is 1.50. The Kier molecular flexibility index (Phi) is 0.548. The van der Waals surface area contributed by atoms with E-state index in [1.54, 1.807) is 0 Å². The van der Waals surface area contributed by atoms with Crippen molar-refractivity contribution in [3.8, 4) is 11.9 Å². The first-order valence-corrected chi connectivity index (χ1v) is 3.25. The highest BCUT2D eigenvalue weighted by Crippen LogP contribution is 1.25. The lowest BCUT2D eigenvalue weighted by Crippen LogP contribution is -1.75. The van der Waals surface area contributed by atoms with Crippen LogP contribution in [-0.2, 0) is 0 Å². The van der Waals surface area contributed by atoms with E-state index < -0.39 is 9.56 Å². The minimum absolute atomic E-state index is 0.268. The van der Waals surface area contributed by atoms with Gasteiger partial charge in [0.25, 0.3) is 0 Å². The highest BCUT2D eigenvalue weighted by atomic mass is 29.1. The molecule has 0 saturated heterocycles. The Morgan fingerprint density at radius 3 is 4.00 bits per heavy atom. The summed E-state index contributed by atoms with van der Waals surface area (Å²) in [5.74, 6) is 0. The van der Waals surface area contributed by atoms with E-state index in [1.807, 2.05) is 6.40 Å². The van der Waals surface area contributed by atoms with E-state index >= 15 is 0 Å². The maximum atomic E-state index is 6.73. The Bertz CT molecular complexity index is 116. The molecule has 0 aliphatic carbocycles. The lowest BCUT2D eigenvalue weighted by Gasteiger charge is -1.47. The molecular weight excluding hydrogens is 80.2 g/mol. The molecule has 0 spiro atoms. The zero-order valence-corrected chi connectivity index (χ0v) is 4.00. The van der Waals surface area contributed by atoms with E-state index in [1.165, 1.54) is 0 Å². The van der Waals surface area contributed by atoms with Gasteiger partial charge < -0.3 is 0 Å². The molecule has 0 aliphatic rings. The second-order valence-electron chi connectivity index (χ2n) is 0.250. The van der Waals surface area contributed by atoms with Crippen LogP contribution in [0.4, 0.5) is 0 Å². The first-order valence-electron chi connectivity index (χ1n) is 2.75. The van der Waals surface area contributed by atoms with Crippen LogP contribution in [0, 0.1) is 11.9 Å². The molecule has 0 aromatic rings. The van der Waals surface area contributed by atoms with E-state index in [9.17, 15) is 0 Å². The van der Waals surface area contributed by atoms with Gasteiger partial charge in [-0.1, -0.05) is 0 Å². The lowest BCUT2D eigenvalue weighted by atomic mass is 11.4. The third-order valence-electron chi connectivity index (χ3n) is 0.0625. The van der Waals surface area contributed by atoms with Crippen LogP contribution in [0.2, 0.25) is 0 Å². The number of terminal acetylenes is 1. The SMILES string of the molecule is [2H]C#C[Si][Si]([2H])([2H])[2H]. The molecule has 4 heavy (non-hydrogen) atoms. The molecule has 0 aromatic heterocycles. The third-order valence-corrected chi connectivity index (χ3v) is 0.562. The summed E-state index contributed by atoms with van der Waals surface area (Å²) in [6, 6.07) is 0. The van der Waals surface area contributed by atoms with Crippen LogP contribution in [-0.4, -0.2) is 22.3 Å². The molecule has 0 fully saturated rings. The van der Waals surface area contributed by atoms with E-state index in [2.05, 4.69) is 5.54 Å². The fourth-order valence-corrected chi connectivity index (χ4v) is 0. The summed E-state index contributed by atoms with van der Waals surface area (Å²) >= 11 is 0. The molecule has 20 valence electrons. The molecule has 0 heterocycles. The topological polar surface area (TPSA) is 0 Å². The average Bonchev–Trinajstić information content (AvgIpc) is 1.59. The fourth-order valence-electron chi connectivity index (χ4n) is 0. The summed E-state index contributed by atoms with van der Waals surface area (Å²) < 4.78 is 26.5. The van der Waals surface area contributed by atoms with Crippen molar-refractivity contribution in [1.29, 1.82) is 3.70 Å². The van der Waals surface area contributed by atoms with Crippen molar-refractivity contribution in [2.24, 2.45) is 0 Å². The van der Waals surface area contributed by atoms with Crippen LogP contribution in [0.1, 0.15) is 1.37 Å². The maximum Gasteiger partial charge on any atom is 0.123 e. The second kappa shape index (κ2) is 2.99. The van der Waals surface area contributed by atoms with Gasteiger partial charge >= 0.3 is 0 Å². The van der Waals surface area contributed by atoms with Crippen molar-refractivity contribution < 1.29 is 1.37 Å². The van der Waals surface area contributed by atoms with Gasteiger partial charge in [0.05, 0.1) is 0 Å². The standard InChI is InChI=1S/C2H4Si2/c1-2-4-3/h1H,3H3/i1D,3D3. The van der Waals surface area contributed by atoms with Gasteiger partial charge in [0.1, 0.15) is 10.4 Å². The third kappa shape index (κ3) is 1.99. The van der Waals surface area contributed by atoms with Crippen LogP contribution < -0.4 is 0 Å². The van der Waals surface area contributed by atoms with Crippen molar-refractivity contribution >= 4 is 18.6 Å². The summed E-state index contributed by atoms with van der Waals surface area (Å²) in [6.07, 6.45) is 1.81. The van der Waals surface area contributed by atoms with Gasteiger partial charge in [-0.2, -0.15) is 0 Å². The van der Waals surface area contributed by atoms with E-state index in [4.69, 9.17) is 5.08 Å². The molecule has 0 nitrogen and oxygen atoms in total. The largest absolute Gasteiger partial charge is 0.143 e. The number of rotatable bonds is 1. The molecule has 0 aromatic carbocycles. The Balaban J connectivity index is 3.50. The van der Waals surface area contributed by atoms with E-state index in [0.717, 1.165) is 0 Å². The van der Waals surface area contributed by atoms with Gasteiger partial charge in [0.2, 0.25) is 0 Å². The van der Waals surface area contributed by atoms with Crippen molar-refractivity contribution in [2.45, 2.75) is 0 Å². The molecule has 2 heteroatoms.